The molecule has 1 N–H and O–H groups in total. The summed E-state index contributed by atoms with van der Waals surface area (Å²) in [7, 11) is 4.95. The molecular formula is C20H28ClNO4. The topological polar surface area (TPSA) is 49.0 Å². The number of hydrogen-bond acceptors (Lipinski definition) is 5. The molecule has 6 heteroatoms. The largest absolute Gasteiger partial charge is 0.493 e. The number of hydrogen-bond donors (Lipinski definition) is 1. The van der Waals surface area contributed by atoms with Gasteiger partial charge < -0.3 is 24.3 Å². The van der Waals surface area contributed by atoms with E-state index in [1.54, 1.807) is 21.3 Å². The standard InChI is InChI=1S/C20H27NO4.ClH/c1-5-25-20-16(7-6-8-18(20)23-3)14-21-12-11-15-9-10-17(22-2)19(13-15)24-4;/h6-10,13,21H,5,11-12,14H2,1-4H3;1H. The second-order valence-corrected chi connectivity index (χ2v) is 5.50. The molecule has 0 aromatic heterocycles. The molecule has 2 aromatic carbocycles. The average Bonchev–Trinajstić information content (AvgIpc) is 2.66. The lowest BCUT2D eigenvalue weighted by atomic mass is 10.1. The van der Waals surface area contributed by atoms with Crippen LogP contribution in [0.4, 0.5) is 0 Å². The first-order valence-corrected chi connectivity index (χ1v) is 8.43. The molecule has 0 fully saturated rings. The lowest BCUT2D eigenvalue weighted by Crippen LogP contribution is -2.17. The summed E-state index contributed by atoms with van der Waals surface area (Å²) in [4.78, 5) is 0. The van der Waals surface area contributed by atoms with Gasteiger partial charge in [0.15, 0.2) is 23.0 Å². The molecule has 0 aliphatic heterocycles. The maximum absolute atomic E-state index is 5.73. The molecule has 0 saturated carbocycles. The molecule has 0 aliphatic rings. The molecule has 0 bridgehead atoms. The smallest absolute Gasteiger partial charge is 0.165 e. The van der Waals surface area contributed by atoms with Crippen molar-refractivity contribution < 1.29 is 18.9 Å². The van der Waals surface area contributed by atoms with Crippen molar-refractivity contribution in [3.05, 3.63) is 47.5 Å². The summed E-state index contributed by atoms with van der Waals surface area (Å²) in [6, 6.07) is 11.9. The van der Waals surface area contributed by atoms with Gasteiger partial charge in [0.25, 0.3) is 0 Å². The van der Waals surface area contributed by atoms with Crippen molar-refractivity contribution in [1.29, 1.82) is 0 Å². The van der Waals surface area contributed by atoms with Crippen molar-refractivity contribution >= 4 is 12.4 Å². The van der Waals surface area contributed by atoms with Gasteiger partial charge in [-0.1, -0.05) is 18.2 Å². The van der Waals surface area contributed by atoms with Crippen LogP contribution < -0.4 is 24.3 Å². The van der Waals surface area contributed by atoms with E-state index >= 15 is 0 Å². The molecule has 0 spiro atoms. The zero-order valence-corrected chi connectivity index (χ0v) is 16.7. The van der Waals surface area contributed by atoms with Crippen LogP contribution in [0.2, 0.25) is 0 Å². The van der Waals surface area contributed by atoms with Gasteiger partial charge in [-0.3, -0.25) is 0 Å². The van der Waals surface area contributed by atoms with E-state index < -0.39 is 0 Å². The second-order valence-electron chi connectivity index (χ2n) is 5.50. The van der Waals surface area contributed by atoms with E-state index in [1.165, 1.54) is 5.56 Å². The van der Waals surface area contributed by atoms with E-state index in [1.807, 2.05) is 31.2 Å². The fourth-order valence-corrected chi connectivity index (χ4v) is 2.66. The van der Waals surface area contributed by atoms with E-state index in [9.17, 15) is 0 Å². The molecule has 144 valence electrons. The highest BCUT2D eigenvalue weighted by atomic mass is 35.5. The minimum atomic E-state index is 0. The fraction of sp³-hybridized carbons (Fsp3) is 0.400. The molecule has 0 amide bonds. The number of ether oxygens (including phenoxy) is 4. The third-order valence-electron chi connectivity index (χ3n) is 3.92. The van der Waals surface area contributed by atoms with Gasteiger partial charge in [-0.2, -0.15) is 0 Å². The third kappa shape index (κ3) is 5.71. The molecule has 0 atom stereocenters. The van der Waals surface area contributed by atoms with Crippen molar-refractivity contribution in [2.75, 3.05) is 34.5 Å². The van der Waals surface area contributed by atoms with Gasteiger partial charge in [0.1, 0.15) is 0 Å². The number of nitrogens with one attached hydrogen (secondary N) is 1. The van der Waals surface area contributed by atoms with Crippen LogP contribution >= 0.6 is 12.4 Å². The first-order chi connectivity index (χ1) is 12.2. The van der Waals surface area contributed by atoms with Gasteiger partial charge in [0.05, 0.1) is 27.9 Å². The SMILES string of the molecule is CCOc1c(CNCCc2ccc(OC)c(OC)c2)cccc1OC.Cl. The van der Waals surface area contributed by atoms with E-state index in [0.29, 0.717) is 6.61 Å². The maximum Gasteiger partial charge on any atom is 0.165 e. The highest BCUT2D eigenvalue weighted by Crippen LogP contribution is 2.31. The van der Waals surface area contributed by atoms with E-state index in [2.05, 4.69) is 17.4 Å². The van der Waals surface area contributed by atoms with Gasteiger partial charge in [-0.15, -0.1) is 12.4 Å². The summed E-state index contributed by atoms with van der Waals surface area (Å²) in [5.74, 6) is 3.08. The van der Waals surface area contributed by atoms with Crippen LogP contribution in [0.5, 0.6) is 23.0 Å². The number of methoxy groups -OCH3 is 3. The summed E-state index contributed by atoms with van der Waals surface area (Å²) in [5.41, 5.74) is 2.29. The number of benzene rings is 2. The molecule has 0 saturated heterocycles. The quantitative estimate of drug-likeness (QED) is 0.633. The normalized spacial score (nSPS) is 10.0. The summed E-state index contributed by atoms with van der Waals surface area (Å²) in [6.07, 6.45) is 0.897. The van der Waals surface area contributed by atoms with E-state index in [4.69, 9.17) is 18.9 Å². The second kappa shape index (κ2) is 11.5. The Bertz CT molecular complexity index is 679. The average molecular weight is 382 g/mol. The van der Waals surface area contributed by atoms with Gasteiger partial charge >= 0.3 is 0 Å². The highest BCUT2D eigenvalue weighted by Gasteiger charge is 2.10. The van der Waals surface area contributed by atoms with Crippen LogP contribution in [0.25, 0.3) is 0 Å². The Morgan fingerprint density at radius 2 is 1.62 bits per heavy atom. The predicted molar refractivity (Wildman–Crippen MR) is 106 cm³/mol. The van der Waals surface area contributed by atoms with Crippen molar-refractivity contribution in [2.45, 2.75) is 19.9 Å². The molecule has 5 nitrogen and oxygen atoms in total. The fourth-order valence-electron chi connectivity index (χ4n) is 2.66. The minimum absolute atomic E-state index is 0. The molecule has 0 radical (unpaired) electrons. The molecular weight excluding hydrogens is 354 g/mol. The Morgan fingerprint density at radius 3 is 2.27 bits per heavy atom. The molecule has 2 aromatic rings. The first-order valence-electron chi connectivity index (χ1n) is 8.43. The molecule has 0 unspecified atom stereocenters. The molecule has 0 aliphatic carbocycles. The Kier molecular flexibility index (Phi) is 9.70. The third-order valence-corrected chi connectivity index (χ3v) is 3.92. The van der Waals surface area contributed by atoms with Crippen molar-refractivity contribution in [3.63, 3.8) is 0 Å². The molecule has 0 heterocycles. The van der Waals surface area contributed by atoms with Gasteiger partial charge in [-0.25, -0.2) is 0 Å². The maximum atomic E-state index is 5.73. The van der Waals surface area contributed by atoms with Crippen LogP contribution in [0, 0.1) is 0 Å². The molecule has 26 heavy (non-hydrogen) atoms. The lowest BCUT2D eigenvalue weighted by Gasteiger charge is -2.14. The Balaban J connectivity index is 0.00000338. The van der Waals surface area contributed by atoms with Crippen LogP contribution in [0.1, 0.15) is 18.1 Å². The number of para-hydroxylation sites is 1. The summed E-state index contributed by atoms with van der Waals surface area (Å²) in [5, 5.41) is 3.46. The van der Waals surface area contributed by atoms with E-state index in [-0.39, 0.29) is 12.4 Å². The van der Waals surface area contributed by atoms with Gasteiger partial charge in [0, 0.05) is 12.1 Å². The van der Waals surface area contributed by atoms with Crippen LogP contribution in [-0.4, -0.2) is 34.5 Å². The van der Waals surface area contributed by atoms with Crippen molar-refractivity contribution in [1.82, 2.24) is 5.32 Å². The number of halogens is 1. The zero-order valence-electron chi connectivity index (χ0n) is 15.8. The highest BCUT2D eigenvalue weighted by molar-refractivity contribution is 5.85. The summed E-state index contributed by atoms with van der Waals surface area (Å²) in [6.45, 7) is 4.15. The number of rotatable bonds is 10. The zero-order chi connectivity index (χ0) is 18.1. The summed E-state index contributed by atoms with van der Waals surface area (Å²) >= 11 is 0. The van der Waals surface area contributed by atoms with Crippen LogP contribution in [0.3, 0.4) is 0 Å². The van der Waals surface area contributed by atoms with E-state index in [0.717, 1.165) is 48.1 Å². The first kappa shape index (κ1) is 21.9. The van der Waals surface area contributed by atoms with Crippen molar-refractivity contribution in [3.8, 4) is 23.0 Å². The van der Waals surface area contributed by atoms with Gasteiger partial charge in [0.2, 0.25) is 0 Å². The van der Waals surface area contributed by atoms with Crippen LogP contribution in [0.15, 0.2) is 36.4 Å². The molecule has 2 rings (SSSR count). The predicted octanol–water partition coefficient (Wildman–Crippen LogP) is 3.87. The van der Waals surface area contributed by atoms with Crippen molar-refractivity contribution in [2.24, 2.45) is 0 Å². The van der Waals surface area contributed by atoms with Crippen LogP contribution in [-0.2, 0) is 13.0 Å². The Hall–Kier alpha value is -2.11. The Labute approximate surface area is 162 Å². The van der Waals surface area contributed by atoms with Gasteiger partial charge in [-0.05, 0) is 43.7 Å². The Morgan fingerprint density at radius 1 is 0.885 bits per heavy atom. The minimum Gasteiger partial charge on any atom is -0.493 e. The summed E-state index contributed by atoms with van der Waals surface area (Å²) < 4.78 is 21.7. The lowest BCUT2D eigenvalue weighted by molar-refractivity contribution is 0.307. The monoisotopic (exact) mass is 381 g/mol.